The van der Waals surface area contributed by atoms with Crippen molar-refractivity contribution in [2.75, 3.05) is 19.7 Å². The molecule has 130 valence electrons. The Kier molecular flexibility index (Phi) is 9.30. The Morgan fingerprint density at radius 2 is 1.96 bits per heavy atom. The maximum Gasteiger partial charge on any atom is 0.328 e. The summed E-state index contributed by atoms with van der Waals surface area (Å²) in [6.07, 6.45) is 5.30. The first-order chi connectivity index (χ1) is 10.6. The molecule has 0 aromatic heterocycles. The number of esters is 1. The SMILES string of the molecule is CCCCOC(=O)C(c1ccc(Cl)cc1Cl)N1CCCCC1.Cl. The summed E-state index contributed by atoms with van der Waals surface area (Å²) in [7, 11) is 0. The third-order valence-corrected chi connectivity index (χ3v) is 4.54. The molecule has 1 aliphatic heterocycles. The van der Waals surface area contributed by atoms with Gasteiger partial charge in [-0.25, -0.2) is 4.79 Å². The van der Waals surface area contributed by atoms with Crippen LogP contribution < -0.4 is 0 Å². The highest BCUT2D eigenvalue weighted by molar-refractivity contribution is 6.35. The number of hydrogen-bond acceptors (Lipinski definition) is 3. The minimum absolute atomic E-state index is 0. The van der Waals surface area contributed by atoms with E-state index >= 15 is 0 Å². The van der Waals surface area contributed by atoms with E-state index < -0.39 is 6.04 Å². The van der Waals surface area contributed by atoms with Crippen LogP contribution in [0.3, 0.4) is 0 Å². The second kappa shape index (κ2) is 10.4. The van der Waals surface area contributed by atoms with Crippen molar-refractivity contribution in [2.24, 2.45) is 0 Å². The highest BCUT2D eigenvalue weighted by atomic mass is 35.5. The van der Waals surface area contributed by atoms with Gasteiger partial charge in [-0.2, -0.15) is 0 Å². The molecule has 0 amide bonds. The van der Waals surface area contributed by atoms with Crippen molar-refractivity contribution in [1.29, 1.82) is 0 Å². The van der Waals surface area contributed by atoms with E-state index in [1.807, 2.05) is 6.07 Å². The van der Waals surface area contributed by atoms with Gasteiger partial charge in [0.1, 0.15) is 6.04 Å². The summed E-state index contributed by atoms with van der Waals surface area (Å²) in [4.78, 5) is 14.8. The summed E-state index contributed by atoms with van der Waals surface area (Å²) in [6.45, 7) is 4.33. The van der Waals surface area contributed by atoms with Gasteiger partial charge in [-0.3, -0.25) is 4.90 Å². The predicted octanol–water partition coefficient (Wildman–Crippen LogP) is 5.29. The summed E-state index contributed by atoms with van der Waals surface area (Å²) < 4.78 is 5.47. The number of ether oxygens (including phenoxy) is 1. The van der Waals surface area contributed by atoms with Gasteiger partial charge in [0.05, 0.1) is 6.61 Å². The van der Waals surface area contributed by atoms with E-state index in [0.717, 1.165) is 44.3 Å². The molecule has 0 aliphatic carbocycles. The lowest BCUT2D eigenvalue weighted by Crippen LogP contribution is -2.39. The minimum Gasteiger partial charge on any atom is -0.464 e. The lowest BCUT2D eigenvalue weighted by Gasteiger charge is -2.33. The van der Waals surface area contributed by atoms with Gasteiger partial charge in [0, 0.05) is 10.0 Å². The molecule has 0 saturated carbocycles. The van der Waals surface area contributed by atoms with Crippen LogP contribution in [-0.2, 0) is 9.53 Å². The standard InChI is InChI=1S/C17H23Cl2NO2.ClH/c1-2-3-11-22-17(21)16(20-9-5-4-6-10-20)14-8-7-13(18)12-15(14)19;/h7-8,12,16H,2-6,9-11H2,1H3;1H. The van der Waals surface area contributed by atoms with Crippen LogP contribution in [0.2, 0.25) is 10.0 Å². The Balaban J connectivity index is 0.00000264. The molecule has 0 N–H and O–H groups in total. The highest BCUT2D eigenvalue weighted by Crippen LogP contribution is 2.32. The van der Waals surface area contributed by atoms with Gasteiger partial charge in [-0.1, -0.05) is 49.0 Å². The average Bonchev–Trinajstić information content (AvgIpc) is 2.51. The molecule has 0 spiro atoms. The summed E-state index contributed by atoms with van der Waals surface area (Å²) in [6, 6.07) is 4.88. The molecule has 1 unspecified atom stereocenters. The number of hydrogen-bond donors (Lipinski definition) is 0. The molecule has 3 nitrogen and oxygen atoms in total. The van der Waals surface area contributed by atoms with Gasteiger partial charge >= 0.3 is 5.97 Å². The van der Waals surface area contributed by atoms with Crippen LogP contribution in [0.15, 0.2) is 18.2 Å². The zero-order valence-electron chi connectivity index (χ0n) is 13.4. The molecule has 6 heteroatoms. The van der Waals surface area contributed by atoms with Crippen LogP contribution in [0, 0.1) is 0 Å². The number of piperidine rings is 1. The monoisotopic (exact) mass is 379 g/mol. The summed E-state index contributed by atoms with van der Waals surface area (Å²) in [5, 5.41) is 1.10. The quantitative estimate of drug-likeness (QED) is 0.496. The number of carbonyl (C=O) groups is 1. The molecule has 23 heavy (non-hydrogen) atoms. The van der Waals surface area contributed by atoms with Gasteiger partial charge in [-0.05, 0) is 50.0 Å². The highest BCUT2D eigenvalue weighted by Gasteiger charge is 2.31. The first-order valence-electron chi connectivity index (χ1n) is 7.99. The fourth-order valence-electron chi connectivity index (χ4n) is 2.77. The van der Waals surface area contributed by atoms with Crippen LogP contribution in [0.1, 0.15) is 50.6 Å². The fraction of sp³-hybridized carbons (Fsp3) is 0.588. The Bertz CT molecular complexity index is 505. The Morgan fingerprint density at radius 3 is 2.57 bits per heavy atom. The molecule has 0 radical (unpaired) electrons. The minimum atomic E-state index is -0.429. The maximum absolute atomic E-state index is 12.6. The van der Waals surface area contributed by atoms with Crippen molar-refractivity contribution in [1.82, 2.24) is 4.90 Å². The first kappa shape index (κ1) is 20.6. The van der Waals surface area contributed by atoms with Crippen molar-refractivity contribution < 1.29 is 9.53 Å². The van der Waals surface area contributed by atoms with E-state index in [9.17, 15) is 4.79 Å². The van der Waals surface area contributed by atoms with E-state index in [4.69, 9.17) is 27.9 Å². The third-order valence-electron chi connectivity index (χ3n) is 3.98. The summed E-state index contributed by atoms with van der Waals surface area (Å²) >= 11 is 12.3. The molecule has 1 aliphatic rings. The van der Waals surface area contributed by atoms with Crippen LogP contribution >= 0.6 is 35.6 Å². The van der Waals surface area contributed by atoms with Gasteiger partial charge in [0.15, 0.2) is 0 Å². The summed E-state index contributed by atoms with van der Waals surface area (Å²) in [5.74, 6) is -0.209. The predicted molar refractivity (Wildman–Crippen MR) is 97.7 cm³/mol. The van der Waals surface area contributed by atoms with E-state index in [1.54, 1.807) is 12.1 Å². The van der Waals surface area contributed by atoms with E-state index in [2.05, 4.69) is 11.8 Å². The molecule has 1 aromatic rings. The van der Waals surface area contributed by atoms with Crippen molar-refractivity contribution >= 4 is 41.6 Å². The second-order valence-electron chi connectivity index (χ2n) is 5.69. The summed E-state index contributed by atoms with van der Waals surface area (Å²) in [5.41, 5.74) is 0.787. The van der Waals surface area contributed by atoms with Crippen LogP contribution in [0.5, 0.6) is 0 Å². The second-order valence-corrected chi connectivity index (χ2v) is 6.53. The number of rotatable bonds is 6. The van der Waals surface area contributed by atoms with Crippen molar-refractivity contribution in [2.45, 2.75) is 45.1 Å². The number of carbonyl (C=O) groups excluding carboxylic acids is 1. The zero-order valence-corrected chi connectivity index (χ0v) is 15.7. The van der Waals surface area contributed by atoms with Crippen molar-refractivity contribution in [3.05, 3.63) is 33.8 Å². The molecule has 1 fully saturated rings. The van der Waals surface area contributed by atoms with Crippen molar-refractivity contribution in [3.63, 3.8) is 0 Å². The van der Waals surface area contributed by atoms with E-state index in [1.165, 1.54) is 6.42 Å². The molecule has 1 heterocycles. The van der Waals surface area contributed by atoms with E-state index in [0.29, 0.717) is 16.7 Å². The van der Waals surface area contributed by atoms with Crippen LogP contribution in [-0.4, -0.2) is 30.6 Å². The lowest BCUT2D eigenvalue weighted by atomic mass is 10.0. The number of benzene rings is 1. The lowest BCUT2D eigenvalue weighted by molar-refractivity contribution is -0.151. The normalized spacial score (nSPS) is 16.5. The first-order valence-corrected chi connectivity index (χ1v) is 8.74. The topological polar surface area (TPSA) is 29.5 Å². The van der Waals surface area contributed by atoms with Gasteiger partial charge < -0.3 is 4.74 Å². The van der Waals surface area contributed by atoms with Gasteiger partial charge in [0.2, 0.25) is 0 Å². The van der Waals surface area contributed by atoms with Gasteiger partial charge in [0.25, 0.3) is 0 Å². The third kappa shape index (κ3) is 5.82. The largest absolute Gasteiger partial charge is 0.464 e. The van der Waals surface area contributed by atoms with E-state index in [-0.39, 0.29) is 18.4 Å². The van der Waals surface area contributed by atoms with Crippen LogP contribution in [0.25, 0.3) is 0 Å². The molecule has 1 aromatic carbocycles. The Labute approximate surface area is 154 Å². The molecular formula is C17H24Cl3NO2. The van der Waals surface area contributed by atoms with Gasteiger partial charge in [-0.15, -0.1) is 12.4 Å². The molecule has 0 bridgehead atoms. The van der Waals surface area contributed by atoms with Crippen molar-refractivity contribution in [3.8, 4) is 0 Å². The molecular weight excluding hydrogens is 357 g/mol. The average molecular weight is 381 g/mol. The number of halogens is 3. The molecule has 1 atom stereocenters. The Hall–Kier alpha value is -0.480. The number of unbranched alkanes of at least 4 members (excludes halogenated alkanes) is 1. The number of likely N-dealkylation sites (tertiary alicyclic amines) is 1. The smallest absolute Gasteiger partial charge is 0.328 e. The van der Waals surface area contributed by atoms with Crippen LogP contribution in [0.4, 0.5) is 0 Å². The maximum atomic E-state index is 12.6. The zero-order chi connectivity index (χ0) is 15.9. The Morgan fingerprint density at radius 1 is 1.26 bits per heavy atom. The molecule has 1 saturated heterocycles. The fourth-order valence-corrected chi connectivity index (χ4v) is 3.28. The number of nitrogens with zero attached hydrogens (tertiary/aromatic N) is 1. The molecule has 2 rings (SSSR count).